The summed E-state index contributed by atoms with van der Waals surface area (Å²) in [5, 5.41) is 0. The van der Waals surface area contributed by atoms with E-state index in [0.717, 1.165) is 19.3 Å². The quantitative estimate of drug-likeness (QED) is 0.195. The van der Waals surface area contributed by atoms with Crippen molar-refractivity contribution in [1.29, 1.82) is 0 Å². The topological polar surface area (TPSA) is 78.9 Å². The van der Waals surface area contributed by atoms with E-state index in [1.54, 1.807) is 13.8 Å². The predicted molar refractivity (Wildman–Crippen MR) is 118 cm³/mol. The second-order valence-electron chi connectivity index (χ2n) is 9.00. The summed E-state index contributed by atoms with van der Waals surface area (Å²) < 4.78 is 15.9. The van der Waals surface area contributed by atoms with Gasteiger partial charge in [0.15, 0.2) is 5.78 Å². The van der Waals surface area contributed by atoms with Crippen LogP contribution in [0.3, 0.4) is 0 Å². The molecule has 0 heterocycles. The largest absolute Gasteiger partial charge is 0.462 e. The minimum atomic E-state index is -0.899. The van der Waals surface area contributed by atoms with Crippen LogP contribution in [0, 0.1) is 11.3 Å². The number of hydrogen-bond donors (Lipinski definition) is 0. The smallest absolute Gasteiger partial charge is 0.333 e. The summed E-state index contributed by atoms with van der Waals surface area (Å²) in [7, 11) is 0. The van der Waals surface area contributed by atoms with E-state index < -0.39 is 17.5 Å². The van der Waals surface area contributed by atoms with Crippen LogP contribution in [0.4, 0.5) is 0 Å². The van der Waals surface area contributed by atoms with Gasteiger partial charge in [-0.15, -0.1) is 0 Å². The van der Waals surface area contributed by atoms with Crippen molar-refractivity contribution in [1.82, 2.24) is 0 Å². The summed E-state index contributed by atoms with van der Waals surface area (Å²) in [6.07, 6.45) is 3.67. The first-order valence-corrected chi connectivity index (χ1v) is 11.0. The van der Waals surface area contributed by atoms with E-state index in [9.17, 15) is 14.4 Å². The van der Waals surface area contributed by atoms with Gasteiger partial charge in [0.05, 0.1) is 6.42 Å². The molecule has 0 saturated carbocycles. The lowest BCUT2D eigenvalue weighted by atomic mass is 9.77. The first-order valence-electron chi connectivity index (χ1n) is 11.0. The van der Waals surface area contributed by atoms with Crippen molar-refractivity contribution in [3.8, 4) is 0 Å². The third-order valence-corrected chi connectivity index (χ3v) is 5.63. The van der Waals surface area contributed by atoms with E-state index in [1.165, 1.54) is 0 Å². The molecule has 0 aromatic carbocycles. The molecule has 30 heavy (non-hydrogen) atoms. The van der Waals surface area contributed by atoms with Gasteiger partial charge < -0.3 is 14.2 Å². The Hall–Kier alpha value is -1.69. The number of hydrogen-bond acceptors (Lipinski definition) is 6. The van der Waals surface area contributed by atoms with Crippen molar-refractivity contribution < 1.29 is 28.6 Å². The summed E-state index contributed by atoms with van der Waals surface area (Å²) in [6.45, 7) is 18.1. The second-order valence-corrected chi connectivity index (χ2v) is 9.00. The Balaban J connectivity index is 4.42. The van der Waals surface area contributed by atoms with E-state index in [0.29, 0.717) is 18.9 Å². The Labute approximate surface area is 182 Å². The lowest BCUT2D eigenvalue weighted by molar-refractivity contribution is -0.152. The van der Waals surface area contributed by atoms with Crippen LogP contribution in [0.2, 0.25) is 0 Å². The van der Waals surface area contributed by atoms with Gasteiger partial charge in [0.25, 0.3) is 0 Å². The highest BCUT2D eigenvalue weighted by atomic mass is 16.6. The number of ether oxygens (including phenoxy) is 3. The molecule has 0 rings (SSSR count). The van der Waals surface area contributed by atoms with Crippen LogP contribution in [-0.2, 0) is 28.6 Å². The second kappa shape index (κ2) is 13.6. The maximum atomic E-state index is 12.7. The Morgan fingerprint density at radius 1 is 0.933 bits per heavy atom. The molecule has 0 aromatic heterocycles. The van der Waals surface area contributed by atoms with Gasteiger partial charge in [-0.2, -0.15) is 0 Å². The standard InChI is InChI=1S/C24H42O6/c1-9-23(7,17-18(3)4)13-14-30-24(8,10-2)20(25)11-12-21(26)28-15-16-29-22(27)19(5)6/h18H,5,9-17H2,1-4,6-8H3. The van der Waals surface area contributed by atoms with Gasteiger partial charge in [-0.25, -0.2) is 4.79 Å². The Kier molecular flexibility index (Phi) is 12.8. The zero-order valence-corrected chi connectivity index (χ0v) is 20.1. The zero-order valence-electron chi connectivity index (χ0n) is 20.1. The van der Waals surface area contributed by atoms with E-state index >= 15 is 0 Å². The fraction of sp³-hybridized carbons (Fsp3) is 0.792. The molecule has 6 nitrogen and oxygen atoms in total. The Morgan fingerprint density at radius 2 is 1.53 bits per heavy atom. The molecule has 174 valence electrons. The van der Waals surface area contributed by atoms with E-state index in [4.69, 9.17) is 14.2 Å². The van der Waals surface area contributed by atoms with Gasteiger partial charge in [-0.05, 0) is 44.4 Å². The molecule has 0 aliphatic carbocycles. The molecule has 0 radical (unpaired) electrons. The van der Waals surface area contributed by atoms with Crippen molar-refractivity contribution in [3.63, 3.8) is 0 Å². The van der Waals surface area contributed by atoms with Gasteiger partial charge in [0, 0.05) is 18.6 Å². The summed E-state index contributed by atoms with van der Waals surface area (Å²) >= 11 is 0. The highest BCUT2D eigenvalue weighted by molar-refractivity contribution is 5.89. The van der Waals surface area contributed by atoms with Crippen molar-refractivity contribution in [2.45, 2.75) is 92.6 Å². The van der Waals surface area contributed by atoms with Gasteiger partial charge in [-0.1, -0.05) is 47.6 Å². The van der Waals surface area contributed by atoms with Gasteiger partial charge in [0.1, 0.15) is 18.8 Å². The third kappa shape index (κ3) is 10.9. The summed E-state index contributed by atoms with van der Waals surface area (Å²) in [4.78, 5) is 35.8. The lowest BCUT2D eigenvalue weighted by Crippen LogP contribution is -2.39. The van der Waals surface area contributed by atoms with Crippen LogP contribution in [0.1, 0.15) is 87.0 Å². The van der Waals surface area contributed by atoms with Crippen LogP contribution in [0.25, 0.3) is 0 Å². The summed E-state index contributed by atoms with van der Waals surface area (Å²) in [5.41, 5.74) is -0.415. The number of esters is 2. The molecule has 0 aromatic rings. The molecule has 2 unspecified atom stereocenters. The molecule has 0 N–H and O–H groups in total. The highest BCUT2D eigenvalue weighted by Gasteiger charge is 2.33. The van der Waals surface area contributed by atoms with Crippen LogP contribution < -0.4 is 0 Å². The normalized spacial score (nSPS) is 15.2. The fourth-order valence-corrected chi connectivity index (χ4v) is 3.28. The monoisotopic (exact) mass is 426 g/mol. The maximum absolute atomic E-state index is 12.7. The molecule has 0 saturated heterocycles. The number of ketones is 1. The minimum absolute atomic E-state index is 0.0216. The molecular formula is C24H42O6. The van der Waals surface area contributed by atoms with E-state index in [2.05, 4.69) is 34.3 Å². The predicted octanol–water partition coefficient (Wildman–Crippen LogP) is 5.04. The van der Waals surface area contributed by atoms with Crippen LogP contribution >= 0.6 is 0 Å². The van der Waals surface area contributed by atoms with Crippen LogP contribution in [0.5, 0.6) is 0 Å². The average Bonchev–Trinajstić information content (AvgIpc) is 2.68. The molecule has 0 amide bonds. The molecule has 2 atom stereocenters. The first kappa shape index (κ1) is 28.3. The maximum Gasteiger partial charge on any atom is 0.333 e. The average molecular weight is 427 g/mol. The molecule has 6 heteroatoms. The SMILES string of the molecule is C=C(C)C(=O)OCCOC(=O)CCC(=O)C(C)(CC)OCCC(C)(CC)CC(C)C. The number of rotatable bonds is 16. The molecular weight excluding hydrogens is 384 g/mol. The van der Waals surface area contributed by atoms with Crippen molar-refractivity contribution in [2.75, 3.05) is 19.8 Å². The molecule has 0 fully saturated rings. The van der Waals surface area contributed by atoms with Crippen molar-refractivity contribution >= 4 is 17.7 Å². The summed E-state index contributed by atoms with van der Waals surface area (Å²) in [6, 6.07) is 0. The lowest BCUT2D eigenvalue weighted by Gasteiger charge is -2.33. The van der Waals surface area contributed by atoms with E-state index in [-0.39, 0.29) is 42.8 Å². The first-order chi connectivity index (χ1) is 13.9. The van der Waals surface area contributed by atoms with Crippen molar-refractivity contribution in [3.05, 3.63) is 12.2 Å². The number of carbonyl (C=O) groups is 3. The fourth-order valence-electron chi connectivity index (χ4n) is 3.28. The third-order valence-electron chi connectivity index (χ3n) is 5.63. The minimum Gasteiger partial charge on any atom is -0.462 e. The van der Waals surface area contributed by atoms with Crippen molar-refractivity contribution in [2.24, 2.45) is 11.3 Å². The highest BCUT2D eigenvalue weighted by Crippen LogP contribution is 2.34. The Morgan fingerprint density at radius 3 is 2.03 bits per heavy atom. The van der Waals surface area contributed by atoms with Gasteiger partial charge in [0.2, 0.25) is 0 Å². The Bertz CT molecular complexity index is 582. The number of Topliss-reactive ketones (excluding diaryl/α,β-unsaturated/α-hetero) is 1. The summed E-state index contributed by atoms with van der Waals surface area (Å²) in [5.74, 6) is -0.504. The van der Waals surface area contributed by atoms with E-state index in [1.807, 2.05) is 6.92 Å². The molecule has 0 spiro atoms. The molecule has 0 bridgehead atoms. The van der Waals surface area contributed by atoms with Crippen LogP contribution in [0.15, 0.2) is 12.2 Å². The number of carbonyl (C=O) groups excluding carboxylic acids is 3. The molecule has 0 aliphatic rings. The van der Waals surface area contributed by atoms with Gasteiger partial charge >= 0.3 is 11.9 Å². The zero-order chi connectivity index (χ0) is 23.4. The molecule has 0 aliphatic heterocycles. The van der Waals surface area contributed by atoms with Gasteiger partial charge in [-0.3, -0.25) is 9.59 Å². The van der Waals surface area contributed by atoms with Crippen LogP contribution in [-0.4, -0.2) is 43.1 Å².